The SMILES string of the molecule is Cc1ccccc1C(=O)N(Cc1ccc2c(c1)OCO2)C1CCCC1. The van der Waals surface area contributed by atoms with Crippen molar-refractivity contribution in [3.8, 4) is 11.5 Å². The Balaban J connectivity index is 1.62. The molecule has 1 saturated carbocycles. The molecular formula is C21H23NO3. The Morgan fingerprint density at radius 2 is 1.84 bits per heavy atom. The number of rotatable bonds is 4. The fraction of sp³-hybridized carbons (Fsp3) is 0.381. The summed E-state index contributed by atoms with van der Waals surface area (Å²) in [5, 5.41) is 0. The molecule has 2 aromatic carbocycles. The number of ether oxygens (including phenoxy) is 2. The van der Waals surface area contributed by atoms with E-state index in [2.05, 4.69) is 0 Å². The molecule has 4 heteroatoms. The summed E-state index contributed by atoms with van der Waals surface area (Å²) in [7, 11) is 0. The minimum absolute atomic E-state index is 0.127. The molecule has 0 N–H and O–H groups in total. The highest BCUT2D eigenvalue weighted by atomic mass is 16.7. The molecule has 4 nitrogen and oxygen atoms in total. The summed E-state index contributed by atoms with van der Waals surface area (Å²) >= 11 is 0. The van der Waals surface area contributed by atoms with Crippen molar-refractivity contribution in [3.05, 3.63) is 59.2 Å². The van der Waals surface area contributed by atoms with Crippen LogP contribution in [0.4, 0.5) is 0 Å². The fourth-order valence-corrected chi connectivity index (χ4v) is 3.79. The van der Waals surface area contributed by atoms with E-state index in [9.17, 15) is 4.79 Å². The number of aryl methyl sites for hydroxylation is 1. The van der Waals surface area contributed by atoms with Gasteiger partial charge in [-0.2, -0.15) is 0 Å². The number of amides is 1. The van der Waals surface area contributed by atoms with Crippen LogP contribution >= 0.6 is 0 Å². The molecule has 0 spiro atoms. The molecule has 0 saturated heterocycles. The van der Waals surface area contributed by atoms with Gasteiger partial charge in [-0.3, -0.25) is 4.79 Å². The highest BCUT2D eigenvalue weighted by Crippen LogP contribution is 2.34. The minimum atomic E-state index is 0.127. The zero-order chi connectivity index (χ0) is 17.2. The molecule has 1 amide bonds. The second-order valence-corrected chi connectivity index (χ2v) is 6.87. The first-order chi connectivity index (χ1) is 12.2. The van der Waals surface area contributed by atoms with Gasteiger partial charge in [0.15, 0.2) is 11.5 Å². The van der Waals surface area contributed by atoms with E-state index in [1.54, 1.807) is 0 Å². The van der Waals surface area contributed by atoms with Crippen LogP contribution in [0.25, 0.3) is 0 Å². The summed E-state index contributed by atoms with van der Waals surface area (Å²) in [6.07, 6.45) is 4.57. The molecule has 0 unspecified atom stereocenters. The lowest BCUT2D eigenvalue weighted by Gasteiger charge is -2.30. The molecule has 0 aromatic heterocycles. The number of fused-ring (bicyclic) bond motifs is 1. The van der Waals surface area contributed by atoms with Gasteiger partial charge in [0, 0.05) is 18.2 Å². The van der Waals surface area contributed by atoms with Crippen LogP contribution in [0.3, 0.4) is 0 Å². The van der Waals surface area contributed by atoms with E-state index in [0.29, 0.717) is 12.6 Å². The van der Waals surface area contributed by atoms with Gasteiger partial charge in [-0.05, 0) is 49.1 Å². The van der Waals surface area contributed by atoms with Crippen molar-refractivity contribution >= 4 is 5.91 Å². The first-order valence-electron chi connectivity index (χ1n) is 8.97. The first-order valence-corrected chi connectivity index (χ1v) is 8.97. The number of hydrogen-bond acceptors (Lipinski definition) is 3. The molecule has 1 aliphatic heterocycles. The summed E-state index contributed by atoms with van der Waals surface area (Å²) in [6.45, 7) is 2.88. The van der Waals surface area contributed by atoms with E-state index in [0.717, 1.165) is 41.0 Å². The molecular weight excluding hydrogens is 314 g/mol. The zero-order valence-corrected chi connectivity index (χ0v) is 14.5. The van der Waals surface area contributed by atoms with Crippen LogP contribution < -0.4 is 9.47 Å². The molecule has 0 atom stereocenters. The second kappa shape index (κ2) is 6.79. The third-order valence-corrected chi connectivity index (χ3v) is 5.19. The molecule has 1 aliphatic carbocycles. The van der Waals surface area contributed by atoms with Gasteiger partial charge in [0.05, 0.1) is 0 Å². The molecule has 1 heterocycles. The molecule has 130 valence electrons. The predicted octanol–water partition coefficient (Wildman–Crippen LogP) is 4.31. The lowest BCUT2D eigenvalue weighted by Crippen LogP contribution is -2.38. The summed E-state index contributed by atoms with van der Waals surface area (Å²) in [5.74, 6) is 1.68. The monoisotopic (exact) mass is 337 g/mol. The van der Waals surface area contributed by atoms with E-state index >= 15 is 0 Å². The number of benzene rings is 2. The van der Waals surface area contributed by atoms with Crippen LogP contribution in [0.15, 0.2) is 42.5 Å². The number of hydrogen-bond donors (Lipinski definition) is 0. The van der Waals surface area contributed by atoms with Crippen molar-refractivity contribution < 1.29 is 14.3 Å². The standard InChI is InChI=1S/C21H23NO3/c1-15-6-2-5-9-18(15)21(23)22(17-7-3-4-8-17)13-16-10-11-19-20(12-16)25-14-24-19/h2,5-6,9-12,17H,3-4,7-8,13-14H2,1H3. The number of carbonyl (C=O) groups excluding carboxylic acids is 1. The van der Waals surface area contributed by atoms with Crippen LogP contribution in [-0.4, -0.2) is 23.6 Å². The molecule has 2 aliphatic rings. The highest BCUT2D eigenvalue weighted by molar-refractivity contribution is 5.95. The maximum absolute atomic E-state index is 13.3. The van der Waals surface area contributed by atoms with Crippen molar-refractivity contribution in [2.24, 2.45) is 0 Å². The van der Waals surface area contributed by atoms with Crippen LogP contribution in [0, 0.1) is 6.92 Å². The Morgan fingerprint density at radius 1 is 1.08 bits per heavy atom. The zero-order valence-electron chi connectivity index (χ0n) is 14.5. The average molecular weight is 337 g/mol. The van der Waals surface area contributed by atoms with E-state index < -0.39 is 0 Å². The average Bonchev–Trinajstić information content (AvgIpc) is 3.30. The maximum atomic E-state index is 13.3. The topological polar surface area (TPSA) is 38.8 Å². The van der Waals surface area contributed by atoms with Crippen molar-refractivity contribution in [1.29, 1.82) is 0 Å². The fourth-order valence-electron chi connectivity index (χ4n) is 3.79. The normalized spacial score (nSPS) is 16.2. The summed E-state index contributed by atoms with van der Waals surface area (Å²) in [6, 6.07) is 14.1. The molecule has 0 bridgehead atoms. The van der Waals surface area contributed by atoms with E-state index in [-0.39, 0.29) is 12.7 Å². The van der Waals surface area contributed by atoms with Crippen molar-refractivity contribution in [1.82, 2.24) is 4.90 Å². The summed E-state index contributed by atoms with van der Waals surface area (Å²) < 4.78 is 10.9. The van der Waals surface area contributed by atoms with Crippen molar-refractivity contribution in [2.75, 3.05) is 6.79 Å². The van der Waals surface area contributed by atoms with Gasteiger partial charge in [-0.1, -0.05) is 37.1 Å². The molecule has 4 rings (SSSR count). The van der Waals surface area contributed by atoms with Gasteiger partial charge in [-0.15, -0.1) is 0 Å². The van der Waals surface area contributed by atoms with E-state index in [1.807, 2.05) is 54.3 Å². The van der Waals surface area contributed by atoms with E-state index in [1.165, 1.54) is 12.8 Å². The van der Waals surface area contributed by atoms with Crippen LogP contribution in [0.5, 0.6) is 11.5 Å². The van der Waals surface area contributed by atoms with Crippen LogP contribution in [0.1, 0.15) is 47.2 Å². The Kier molecular flexibility index (Phi) is 4.35. The largest absolute Gasteiger partial charge is 0.454 e. The van der Waals surface area contributed by atoms with Gasteiger partial charge >= 0.3 is 0 Å². The third kappa shape index (κ3) is 3.21. The van der Waals surface area contributed by atoms with Crippen LogP contribution in [-0.2, 0) is 6.54 Å². The lowest BCUT2D eigenvalue weighted by atomic mass is 10.0. The Morgan fingerprint density at radius 3 is 2.64 bits per heavy atom. The van der Waals surface area contributed by atoms with Gasteiger partial charge in [0.2, 0.25) is 6.79 Å². The second-order valence-electron chi connectivity index (χ2n) is 6.87. The van der Waals surface area contributed by atoms with Crippen LogP contribution in [0.2, 0.25) is 0 Å². The quantitative estimate of drug-likeness (QED) is 0.834. The van der Waals surface area contributed by atoms with Gasteiger partial charge in [0.25, 0.3) is 5.91 Å². The molecule has 2 aromatic rings. The van der Waals surface area contributed by atoms with E-state index in [4.69, 9.17) is 9.47 Å². The van der Waals surface area contributed by atoms with Gasteiger partial charge < -0.3 is 14.4 Å². The highest BCUT2D eigenvalue weighted by Gasteiger charge is 2.28. The molecule has 0 radical (unpaired) electrons. The molecule has 25 heavy (non-hydrogen) atoms. The Bertz CT molecular complexity index is 780. The lowest BCUT2D eigenvalue weighted by molar-refractivity contribution is 0.0663. The number of carbonyl (C=O) groups is 1. The Labute approximate surface area is 148 Å². The summed E-state index contributed by atoms with van der Waals surface area (Å²) in [4.78, 5) is 15.3. The Hall–Kier alpha value is -2.49. The maximum Gasteiger partial charge on any atom is 0.254 e. The summed E-state index contributed by atoms with van der Waals surface area (Å²) in [5.41, 5.74) is 2.91. The van der Waals surface area contributed by atoms with Crippen molar-refractivity contribution in [3.63, 3.8) is 0 Å². The number of nitrogens with zero attached hydrogens (tertiary/aromatic N) is 1. The molecule has 1 fully saturated rings. The minimum Gasteiger partial charge on any atom is -0.454 e. The van der Waals surface area contributed by atoms with Gasteiger partial charge in [0.1, 0.15) is 0 Å². The van der Waals surface area contributed by atoms with Gasteiger partial charge in [-0.25, -0.2) is 0 Å². The predicted molar refractivity (Wildman–Crippen MR) is 95.9 cm³/mol. The third-order valence-electron chi connectivity index (χ3n) is 5.19. The first kappa shape index (κ1) is 16.0. The van der Waals surface area contributed by atoms with Crippen molar-refractivity contribution in [2.45, 2.75) is 45.2 Å². The smallest absolute Gasteiger partial charge is 0.254 e.